The van der Waals surface area contributed by atoms with Gasteiger partial charge in [-0.3, -0.25) is 0 Å². The molecule has 1 N–H and O–H groups in total. The molecule has 0 radical (unpaired) electrons. The third-order valence-corrected chi connectivity index (χ3v) is 7.25. The number of hydrogen-bond donors (Lipinski definition) is 1. The molecule has 0 fully saturated rings. The van der Waals surface area contributed by atoms with Crippen molar-refractivity contribution < 1.29 is 9.90 Å². The van der Waals surface area contributed by atoms with Gasteiger partial charge in [0.2, 0.25) is 0 Å². The van der Waals surface area contributed by atoms with E-state index < -0.39 is 5.97 Å². The molecule has 0 aromatic carbocycles. The molecule has 0 spiro atoms. The third-order valence-electron chi connectivity index (χ3n) is 7.25. The van der Waals surface area contributed by atoms with Gasteiger partial charge >= 0.3 is 5.97 Å². The lowest BCUT2D eigenvalue weighted by Crippen LogP contribution is -1.95. The first-order chi connectivity index (χ1) is 18.1. The Hall–Kier alpha value is -2.09. The summed E-state index contributed by atoms with van der Waals surface area (Å²) in [5, 5.41) is 8.90. The Morgan fingerprint density at radius 2 is 0.816 bits per heavy atom. The summed E-state index contributed by atoms with van der Waals surface area (Å²) in [6.07, 6.45) is 32.7. The van der Waals surface area contributed by atoms with Crippen LogP contribution in [0, 0.1) is 0 Å². The monoisotopic (exact) mass is 524 g/mol. The smallest absolute Gasteiger partial charge is 0.330 e. The first-order valence-electron chi connectivity index (χ1n) is 15.3. The molecule has 0 heterocycles. The molecule has 0 bridgehead atoms. The van der Waals surface area contributed by atoms with Crippen LogP contribution in [0.4, 0.5) is 0 Å². The number of aliphatic carboxylic acids is 1. The third kappa shape index (κ3) is 23.1. The molecule has 0 aromatic rings. The minimum atomic E-state index is -0.822. The highest BCUT2D eigenvalue weighted by atomic mass is 16.4. The van der Waals surface area contributed by atoms with Gasteiger partial charge in [0.25, 0.3) is 0 Å². The van der Waals surface area contributed by atoms with Crippen LogP contribution in [0.5, 0.6) is 0 Å². The fourth-order valence-corrected chi connectivity index (χ4v) is 4.42. The number of carbonyl (C=O) groups is 1. The van der Waals surface area contributed by atoms with Crippen LogP contribution >= 0.6 is 0 Å². The van der Waals surface area contributed by atoms with Crippen molar-refractivity contribution in [3.05, 3.63) is 69.9 Å². The SMILES string of the molecule is CCCCCCCC(C)=CCCC(C)=CCCC(C)=CCCC=C(C)CCC=C(C)CCC=C(C)C(=O)O. The lowest BCUT2D eigenvalue weighted by Gasteiger charge is -2.04. The molecular formula is C36H60O2. The first kappa shape index (κ1) is 35.9. The van der Waals surface area contributed by atoms with Crippen LogP contribution in [0.25, 0.3) is 0 Å². The van der Waals surface area contributed by atoms with Gasteiger partial charge in [-0.15, -0.1) is 0 Å². The van der Waals surface area contributed by atoms with Gasteiger partial charge in [-0.2, -0.15) is 0 Å². The zero-order valence-corrected chi connectivity index (χ0v) is 26.1. The summed E-state index contributed by atoms with van der Waals surface area (Å²) in [4.78, 5) is 10.8. The highest BCUT2D eigenvalue weighted by molar-refractivity contribution is 5.85. The van der Waals surface area contributed by atoms with E-state index in [0.717, 1.165) is 51.4 Å². The quantitative estimate of drug-likeness (QED) is 0.0868. The highest BCUT2D eigenvalue weighted by Crippen LogP contribution is 2.16. The van der Waals surface area contributed by atoms with Crippen molar-refractivity contribution in [2.75, 3.05) is 0 Å². The Morgan fingerprint density at radius 3 is 1.21 bits per heavy atom. The van der Waals surface area contributed by atoms with Crippen LogP contribution in [-0.4, -0.2) is 11.1 Å². The summed E-state index contributed by atoms with van der Waals surface area (Å²) in [5.41, 5.74) is 7.84. The van der Waals surface area contributed by atoms with E-state index in [9.17, 15) is 4.79 Å². The van der Waals surface area contributed by atoms with Crippen molar-refractivity contribution in [1.82, 2.24) is 0 Å². The van der Waals surface area contributed by atoms with Crippen molar-refractivity contribution in [2.24, 2.45) is 0 Å². The maximum Gasteiger partial charge on any atom is 0.330 e. The zero-order chi connectivity index (χ0) is 28.6. The maximum absolute atomic E-state index is 10.8. The second-order valence-corrected chi connectivity index (χ2v) is 11.3. The number of carboxylic acid groups (broad SMARTS) is 1. The normalized spacial score (nSPS) is 14.4. The van der Waals surface area contributed by atoms with Gasteiger partial charge in [0, 0.05) is 5.57 Å². The average Bonchev–Trinajstić information content (AvgIpc) is 2.86. The van der Waals surface area contributed by atoms with Gasteiger partial charge in [0.1, 0.15) is 0 Å². The Bertz CT molecular complexity index is 829. The van der Waals surface area contributed by atoms with Crippen molar-refractivity contribution in [3.8, 4) is 0 Å². The molecule has 38 heavy (non-hydrogen) atoms. The van der Waals surface area contributed by atoms with E-state index in [0.29, 0.717) is 5.57 Å². The van der Waals surface area contributed by atoms with Gasteiger partial charge in [-0.25, -0.2) is 4.79 Å². The van der Waals surface area contributed by atoms with E-state index in [4.69, 9.17) is 5.11 Å². The van der Waals surface area contributed by atoms with E-state index in [2.05, 4.69) is 71.9 Å². The van der Waals surface area contributed by atoms with E-state index in [1.54, 1.807) is 12.5 Å². The molecule has 0 aliphatic carbocycles. The molecule has 0 amide bonds. The molecule has 0 rings (SSSR count). The van der Waals surface area contributed by atoms with E-state index in [-0.39, 0.29) is 0 Å². The predicted molar refractivity (Wildman–Crippen MR) is 170 cm³/mol. The predicted octanol–water partition coefficient (Wildman–Crippen LogP) is 12.0. The molecule has 0 saturated heterocycles. The minimum absolute atomic E-state index is 0.435. The van der Waals surface area contributed by atoms with Crippen LogP contribution in [0.2, 0.25) is 0 Å². The van der Waals surface area contributed by atoms with Gasteiger partial charge in [-0.1, -0.05) is 96.9 Å². The lowest BCUT2D eigenvalue weighted by atomic mass is 10.0. The number of allylic oxidation sites excluding steroid dienone is 11. The lowest BCUT2D eigenvalue weighted by molar-refractivity contribution is -0.132. The average molecular weight is 525 g/mol. The topological polar surface area (TPSA) is 37.3 Å². The second kappa shape index (κ2) is 24.0. The van der Waals surface area contributed by atoms with Crippen molar-refractivity contribution in [3.63, 3.8) is 0 Å². The molecule has 0 aliphatic rings. The number of carboxylic acids is 1. The Balaban J connectivity index is 4.09. The summed E-state index contributed by atoms with van der Waals surface area (Å²) in [5.74, 6) is -0.822. The fourth-order valence-electron chi connectivity index (χ4n) is 4.42. The minimum Gasteiger partial charge on any atom is -0.478 e. The molecule has 0 saturated carbocycles. The zero-order valence-electron chi connectivity index (χ0n) is 26.1. The number of hydrogen-bond acceptors (Lipinski definition) is 1. The standard InChI is InChI=1S/C36H60O2/c1-8-9-10-11-12-19-30(2)22-15-25-33(5)26-16-23-31(3)20-13-14-21-32(4)24-17-27-34(6)28-18-29-35(7)36(37)38/h20-22,26-27,29H,8-19,23-25,28H2,1-7H3,(H,37,38). The summed E-state index contributed by atoms with van der Waals surface area (Å²) in [6.45, 7) is 15.2. The van der Waals surface area contributed by atoms with E-state index >= 15 is 0 Å². The van der Waals surface area contributed by atoms with Crippen molar-refractivity contribution >= 4 is 5.97 Å². The highest BCUT2D eigenvalue weighted by Gasteiger charge is 1.99. The van der Waals surface area contributed by atoms with Crippen LogP contribution in [0.1, 0.15) is 151 Å². The summed E-state index contributed by atoms with van der Waals surface area (Å²) >= 11 is 0. The van der Waals surface area contributed by atoms with Crippen molar-refractivity contribution in [2.45, 2.75) is 151 Å². The molecule has 0 unspecified atom stereocenters. The molecule has 2 nitrogen and oxygen atoms in total. The van der Waals surface area contributed by atoms with Gasteiger partial charge in [0.05, 0.1) is 0 Å². The van der Waals surface area contributed by atoms with Gasteiger partial charge in [-0.05, 0) is 119 Å². The van der Waals surface area contributed by atoms with Gasteiger partial charge < -0.3 is 5.11 Å². The van der Waals surface area contributed by atoms with E-state index in [1.807, 2.05) is 6.08 Å². The van der Waals surface area contributed by atoms with Crippen LogP contribution in [-0.2, 0) is 4.79 Å². The van der Waals surface area contributed by atoms with E-state index in [1.165, 1.54) is 73.7 Å². The number of rotatable bonds is 22. The fraction of sp³-hybridized carbons (Fsp3) is 0.639. The van der Waals surface area contributed by atoms with Crippen LogP contribution < -0.4 is 0 Å². The van der Waals surface area contributed by atoms with Crippen molar-refractivity contribution in [1.29, 1.82) is 0 Å². The maximum atomic E-state index is 10.8. The Labute approximate surface area is 236 Å². The molecule has 0 aliphatic heterocycles. The summed E-state index contributed by atoms with van der Waals surface area (Å²) < 4.78 is 0. The van der Waals surface area contributed by atoms with Crippen LogP contribution in [0.3, 0.4) is 0 Å². The molecular weight excluding hydrogens is 464 g/mol. The van der Waals surface area contributed by atoms with Crippen LogP contribution in [0.15, 0.2) is 69.9 Å². The molecule has 0 atom stereocenters. The largest absolute Gasteiger partial charge is 0.478 e. The van der Waals surface area contributed by atoms with Gasteiger partial charge in [0.15, 0.2) is 0 Å². The first-order valence-corrected chi connectivity index (χ1v) is 15.3. The number of unbranched alkanes of at least 4 members (excludes halogenated alkanes) is 5. The molecule has 216 valence electrons. The molecule has 2 heteroatoms. The summed E-state index contributed by atoms with van der Waals surface area (Å²) in [7, 11) is 0. The second-order valence-electron chi connectivity index (χ2n) is 11.3. The summed E-state index contributed by atoms with van der Waals surface area (Å²) in [6, 6.07) is 0. The molecule has 0 aromatic heterocycles. The Kier molecular flexibility index (Phi) is 22.7. The Morgan fingerprint density at radius 1 is 0.474 bits per heavy atom.